The van der Waals surface area contributed by atoms with Crippen LogP contribution < -0.4 is 0 Å². The van der Waals surface area contributed by atoms with Gasteiger partial charge in [-0.25, -0.2) is 12.6 Å². The average molecular weight is 495 g/mol. The second-order valence-electron chi connectivity index (χ2n) is 7.98. The lowest BCUT2D eigenvalue weighted by Crippen LogP contribution is -2.35. The Balaban J connectivity index is 1.82. The minimum absolute atomic E-state index is 0.0264. The third-order valence-corrected chi connectivity index (χ3v) is 8.62. The van der Waals surface area contributed by atoms with Gasteiger partial charge in [-0.1, -0.05) is 71.8 Å². The number of aryl methyl sites for hydroxylation is 2. The van der Waals surface area contributed by atoms with Gasteiger partial charge in [-0.3, -0.25) is 4.79 Å². The monoisotopic (exact) mass is 494 g/mol. The van der Waals surface area contributed by atoms with Crippen LogP contribution in [0.3, 0.4) is 0 Å². The van der Waals surface area contributed by atoms with Crippen molar-refractivity contribution in [3.05, 3.63) is 108 Å². The summed E-state index contributed by atoms with van der Waals surface area (Å²) < 4.78 is 58.1. The standard InChI is InChI=1S/C26H22O6S2/c1-18-7-13-23(14-8-18)33(28,29)26(32-34(30,31)24-15-9-19(2)10-16-24)25(27)22-12-11-20-5-3-4-6-21(20)17-22/h3-17,26H,1-2H3. The number of benzene rings is 4. The SMILES string of the molecule is Cc1ccc(S(=O)(=O)OC(C(=O)c2ccc3ccccc3c2)S(=O)(=O)c2ccc(C)cc2)cc1. The van der Waals surface area contributed by atoms with Crippen LogP contribution in [0.25, 0.3) is 10.8 Å². The highest BCUT2D eigenvalue weighted by Crippen LogP contribution is 2.27. The molecule has 1 unspecified atom stereocenters. The maximum Gasteiger partial charge on any atom is 0.298 e. The van der Waals surface area contributed by atoms with Crippen molar-refractivity contribution in [3.8, 4) is 0 Å². The predicted octanol–water partition coefficient (Wildman–Crippen LogP) is 4.84. The summed E-state index contributed by atoms with van der Waals surface area (Å²) in [7, 11) is -9.09. The van der Waals surface area contributed by atoms with Crippen molar-refractivity contribution in [2.75, 3.05) is 0 Å². The van der Waals surface area contributed by atoms with Gasteiger partial charge in [0.05, 0.1) is 9.79 Å². The number of carbonyl (C=O) groups excluding carboxylic acids is 1. The van der Waals surface area contributed by atoms with Gasteiger partial charge in [-0.15, -0.1) is 0 Å². The van der Waals surface area contributed by atoms with Crippen LogP contribution in [-0.4, -0.2) is 28.1 Å². The normalized spacial score (nSPS) is 13.0. The lowest BCUT2D eigenvalue weighted by Gasteiger charge is -2.18. The summed E-state index contributed by atoms with van der Waals surface area (Å²) in [4.78, 5) is 13.0. The van der Waals surface area contributed by atoms with E-state index in [1.54, 1.807) is 56.3 Å². The molecule has 0 aromatic heterocycles. The summed E-state index contributed by atoms with van der Waals surface area (Å²) in [5.41, 5.74) is -0.638. The molecule has 0 radical (unpaired) electrons. The largest absolute Gasteiger partial charge is 0.298 e. The molecule has 0 aliphatic carbocycles. The van der Waals surface area contributed by atoms with E-state index >= 15 is 0 Å². The minimum atomic E-state index is -4.57. The number of sulfone groups is 1. The van der Waals surface area contributed by atoms with Crippen LogP contribution in [0.2, 0.25) is 0 Å². The van der Waals surface area contributed by atoms with E-state index in [9.17, 15) is 21.6 Å². The molecule has 1 atom stereocenters. The molecule has 0 bridgehead atoms. The predicted molar refractivity (Wildman–Crippen MR) is 130 cm³/mol. The molecule has 6 nitrogen and oxygen atoms in total. The van der Waals surface area contributed by atoms with Crippen LogP contribution in [0.5, 0.6) is 0 Å². The van der Waals surface area contributed by atoms with Gasteiger partial charge in [0.15, 0.2) is 0 Å². The highest BCUT2D eigenvalue weighted by Gasteiger charge is 2.40. The van der Waals surface area contributed by atoms with Gasteiger partial charge < -0.3 is 0 Å². The van der Waals surface area contributed by atoms with Gasteiger partial charge >= 0.3 is 0 Å². The molecule has 174 valence electrons. The molecule has 0 amide bonds. The van der Waals surface area contributed by atoms with Gasteiger partial charge in [-0.05, 0) is 55.0 Å². The quantitative estimate of drug-likeness (QED) is 0.269. The molecular weight excluding hydrogens is 472 g/mol. The molecule has 0 aliphatic rings. The van der Waals surface area contributed by atoms with Crippen LogP contribution in [0.1, 0.15) is 21.5 Å². The van der Waals surface area contributed by atoms with Crippen molar-refractivity contribution in [3.63, 3.8) is 0 Å². The second-order valence-corrected chi connectivity index (χ2v) is 11.5. The number of hydrogen-bond donors (Lipinski definition) is 0. The lowest BCUT2D eigenvalue weighted by molar-refractivity contribution is 0.0887. The molecule has 8 heteroatoms. The molecule has 4 aromatic carbocycles. The van der Waals surface area contributed by atoms with E-state index in [0.29, 0.717) is 5.39 Å². The Bertz CT molecular complexity index is 1570. The first-order chi connectivity index (χ1) is 16.1. The fourth-order valence-electron chi connectivity index (χ4n) is 3.44. The van der Waals surface area contributed by atoms with Gasteiger partial charge in [0, 0.05) is 5.56 Å². The van der Waals surface area contributed by atoms with E-state index in [2.05, 4.69) is 0 Å². The molecule has 0 N–H and O–H groups in total. The fourth-order valence-corrected chi connectivity index (χ4v) is 6.24. The van der Waals surface area contributed by atoms with Crippen molar-refractivity contribution in [2.45, 2.75) is 29.1 Å². The first-order valence-corrected chi connectivity index (χ1v) is 13.4. The van der Waals surface area contributed by atoms with Gasteiger partial charge in [-0.2, -0.15) is 8.42 Å². The van der Waals surface area contributed by atoms with Gasteiger partial charge in [0.1, 0.15) is 0 Å². The first kappa shape index (κ1) is 23.8. The maximum absolute atomic E-state index is 13.5. The summed E-state index contributed by atoms with van der Waals surface area (Å²) in [5.74, 6) is -0.970. The zero-order valence-electron chi connectivity index (χ0n) is 18.5. The van der Waals surface area contributed by atoms with Crippen molar-refractivity contribution >= 4 is 36.5 Å². The molecule has 4 aromatic rings. The Morgan fingerprint density at radius 3 is 1.79 bits per heavy atom. The van der Waals surface area contributed by atoms with Crippen molar-refractivity contribution in [2.24, 2.45) is 0 Å². The van der Waals surface area contributed by atoms with E-state index in [1.165, 1.54) is 36.4 Å². The fraction of sp³-hybridized carbons (Fsp3) is 0.115. The molecule has 0 aliphatic heterocycles. The smallest absolute Gasteiger partial charge is 0.290 e. The second kappa shape index (κ2) is 9.13. The molecule has 0 heterocycles. The number of hydrogen-bond acceptors (Lipinski definition) is 6. The van der Waals surface area contributed by atoms with E-state index in [-0.39, 0.29) is 15.4 Å². The van der Waals surface area contributed by atoms with E-state index < -0.39 is 31.2 Å². The molecular formula is C26H22O6S2. The van der Waals surface area contributed by atoms with Crippen LogP contribution in [0.4, 0.5) is 0 Å². The number of ketones is 1. The first-order valence-electron chi connectivity index (χ1n) is 10.4. The minimum Gasteiger partial charge on any atom is -0.290 e. The molecule has 0 fully saturated rings. The highest BCUT2D eigenvalue weighted by molar-refractivity contribution is 7.94. The average Bonchev–Trinajstić information content (AvgIpc) is 2.82. The molecule has 0 saturated heterocycles. The summed E-state index contributed by atoms with van der Waals surface area (Å²) in [5, 5.41) is 1.56. The van der Waals surface area contributed by atoms with Crippen LogP contribution in [0.15, 0.2) is 101 Å². The number of fused-ring (bicyclic) bond motifs is 1. The van der Waals surface area contributed by atoms with E-state index in [4.69, 9.17) is 4.18 Å². The van der Waals surface area contributed by atoms with Crippen molar-refractivity contribution in [1.82, 2.24) is 0 Å². The topological polar surface area (TPSA) is 94.6 Å². The van der Waals surface area contributed by atoms with E-state index in [1.807, 2.05) is 12.1 Å². The molecule has 0 saturated carbocycles. The van der Waals surface area contributed by atoms with Crippen LogP contribution in [-0.2, 0) is 24.1 Å². The Morgan fingerprint density at radius 2 is 1.21 bits per heavy atom. The Morgan fingerprint density at radius 1 is 0.676 bits per heavy atom. The zero-order chi connectivity index (χ0) is 24.5. The third-order valence-electron chi connectivity index (χ3n) is 5.40. The maximum atomic E-state index is 13.5. The summed E-state index contributed by atoms with van der Waals surface area (Å²) in [6, 6.07) is 23.4. The van der Waals surface area contributed by atoms with Crippen LogP contribution in [0, 0.1) is 13.8 Å². The Hall–Kier alpha value is -3.33. The highest BCUT2D eigenvalue weighted by atomic mass is 32.2. The summed E-state index contributed by atoms with van der Waals surface area (Å²) in [6.07, 6.45) is 0. The van der Waals surface area contributed by atoms with E-state index in [0.717, 1.165) is 16.5 Å². The van der Waals surface area contributed by atoms with Crippen molar-refractivity contribution < 1.29 is 25.8 Å². The number of carbonyl (C=O) groups is 1. The Kier molecular flexibility index (Phi) is 6.40. The van der Waals surface area contributed by atoms with Gasteiger partial charge in [0.2, 0.25) is 21.1 Å². The molecule has 4 rings (SSSR count). The zero-order valence-corrected chi connectivity index (χ0v) is 20.1. The molecule has 0 spiro atoms. The third kappa shape index (κ3) is 4.79. The number of rotatable bonds is 7. The lowest BCUT2D eigenvalue weighted by atomic mass is 10.0. The van der Waals surface area contributed by atoms with Gasteiger partial charge in [0.25, 0.3) is 10.1 Å². The van der Waals surface area contributed by atoms with Crippen LogP contribution >= 0.6 is 0 Å². The van der Waals surface area contributed by atoms with Crippen molar-refractivity contribution in [1.29, 1.82) is 0 Å². The summed E-state index contributed by atoms with van der Waals surface area (Å²) >= 11 is 0. The summed E-state index contributed by atoms with van der Waals surface area (Å²) in [6.45, 7) is 3.57. The number of Topliss-reactive ketones (excluding diaryl/α,β-unsaturated/α-hetero) is 1. The molecule has 34 heavy (non-hydrogen) atoms. The Labute approximate surface area is 198 Å².